The molecule has 0 spiro atoms. The smallest absolute Gasteiger partial charge is 0.333 e. The number of amides is 1. The minimum atomic E-state index is -4.76. The van der Waals surface area contributed by atoms with Crippen molar-refractivity contribution in [3.05, 3.63) is 75.0 Å². The van der Waals surface area contributed by atoms with Crippen LogP contribution >= 0.6 is 22.9 Å². The summed E-state index contributed by atoms with van der Waals surface area (Å²) in [5, 5.41) is 3.64. The van der Waals surface area contributed by atoms with E-state index in [1.165, 1.54) is 34.6 Å². The quantitative estimate of drug-likeness (QED) is 0.332. The van der Waals surface area contributed by atoms with Gasteiger partial charge in [-0.15, -0.1) is 11.3 Å². The monoisotopic (exact) mass is 483 g/mol. The number of hydrogen-bond donors (Lipinski definition) is 0. The number of carbonyl (C=O) groups excluding carboxylic acids is 1. The molecule has 3 aromatic rings. The normalized spacial score (nSPS) is 16.2. The molecule has 0 N–H and O–H groups in total. The van der Waals surface area contributed by atoms with Crippen LogP contribution in [0.25, 0.3) is 11.1 Å². The van der Waals surface area contributed by atoms with Crippen LogP contribution in [0.4, 0.5) is 17.6 Å². The molecule has 1 atom stereocenters. The maximum absolute atomic E-state index is 15.2. The number of rotatable bonds is 4. The van der Waals surface area contributed by atoms with Gasteiger partial charge in [-0.1, -0.05) is 30.3 Å². The van der Waals surface area contributed by atoms with E-state index < -0.39 is 23.6 Å². The first-order valence-electron chi connectivity index (χ1n) is 9.76. The summed E-state index contributed by atoms with van der Waals surface area (Å²) in [5.74, 6) is -1.68. The molecule has 3 heterocycles. The van der Waals surface area contributed by atoms with E-state index in [2.05, 4.69) is 11.7 Å². The Labute approximate surface area is 190 Å². The van der Waals surface area contributed by atoms with Crippen LogP contribution < -0.4 is 0 Å². The molecule has 1 aromatic carbocycles. The first-order valence-corrected chi connectivity index (χ1v) is 11.0. The number of benzene rings is 1. The molecular formula is C22H18ClF4N3OS. The van der Waals surface area contributed by atoms with Crippen molar-refractivity contribution in [1.29, 1.82) is 0 Å². The second-order valence-corrected chi connectivity index (χ2v) is 9.12. The molecule has 0 unspecified atom stereocenters. The summed E-state index contributed by atoms with van der Waals surface area (Å²) in [6.45, 7) is 5.83. The Kier molecular flexibility index (Phi) is 5.89. The van der Waals surface area contributed by atoms with Gasteiger partial charge in [0.15, 0.2) is 5.69 Å². The molecule has 10 heteroatoms. The molecule has 168 valence electrons. The van der Waals surface area contributed by atoms with Crippen molar-refractivity contribution in [3.63, 3.8) is 0 Å². The Bertz CT molecular complexity index is 1200. The molecule has 0 radical (unpaired) electrons. The lowest BCUT2D eigenvalue weighted by molar-refractivity contribution is -0.141. The second kappa shape index (κ2) is 8.37. The second-order valence-electron chi connectivity index (χ2n) is 7.35. The van der Waals surface area contributed by atoms with Gasteiger partial charge in [0, 0.05) is 41.2 Å². The van der Waals surface area contributed by atoms with Gasteiger partial charge < -0.3 is 4.90 Å². The molecular weight excluding hydrogens is 466 g/mol. The zero-order chi connectivity index (χ0) is 23.2. The Morgan fingerprint density at radius 2 is 2.12 bits per heavy atom. The molecule has 4 rings (SSSR count). The third-order valence-electron chi connectivity index (χ3n) is 5.46. The van der Waals surface area contributed by atoms with E-state index in [1.54, 1.807) is 19.1 Å². The molecule has 1 aliphatic heterocycles. The first kappa shape index (κ1) is 22.5. The molecule has 0 saturated heterocycles. The molecule has 1 amide bonds. The average molecular weight is 484 g/mol. The van der Waals surface area contributed by atoms with Gasteiger partial charge in [0.1, 0.15) is 5.82 Å². The number of halogens is 5. The fourth-order valence-electron chi connectivity index (χ4n) is 4.04. The summed E-state index contributed by atoms with van der Waals surface area (Å²) in [5.41, 5.74) is -0.544. The lowest BCUT2D eigenvalue weighted by Gasteiger charge is -2.33. The van der Waals surface area contributed by atoms with E-state index in [1.807, 2.05) is 0 Å². The van der Waals surface area contributed by atoms with Crippen LogP contribution in [0.2, 0.25) is 4.34 Å². The van der Waals surface area contributed by atoms with Crippen LogP contribution in [-0.2, 0) is 24.1 Å². The van der Waals surface area contributed by atoms with Crippen LogP contribution in [0.1, 0.15) is 34.5 Å². The number of aromatic nitrogens is 2. The lowest BCUT2D eigenvalue weighted by atomic mass is 9.83. The number of carbonyl (C=O) groups is 1. The van der Waals surface area contributed by atoms with E-state index in [-0.39, 0.29) is 30.1 Å². The summed E-state index contributed by atoms with van der Waals surface area (Å²) < 4.78 is 58.1. The number of hydrogen-bond acceptors (Lipinski definition) is 3. The third kappa shape index (κ3) is 3.95. The van der Waals surface area contributed by atoms with Gasteiger partial charge in [-0.3, -0.25) is 9.48 Å². The van der Waals surface area contributed by atoms with Gasteiger partial charge in [0.05, 0.1) is 10.9 Å². The number of thiophene rings is 1. The zero-order valence-electron chi connectivity index (χ0n) is 16.9. The first-order chi connectivity index (χ1) is 15.1. The molecule has 4 nitrogen and oxygen atoms in total. The van der Waals surface area contributed by atoms with Crippen LogP contribution in [0.5, 0.6) is 0 Å². The Morgan fingerprint density at radius 3 is 2.78 bits per heavy atom. The summed E-state index contributed by atoms with van der Waals surface area (Å²) in [6.07, 6.45) is -2.37. The van der Waals surface area contributed by atoms with Gasteiger partial charge in [0.25, 0.3) is 0 Å². The maximum atomic E-state index is 15.2. The molecule has 0 aliphatic carbocycles. The highest BCUT2D eigenvalue weighted by atomic mass is 35.5. The van der Waals surface area contributed by atoms with Crippen molar-refractivity contribution in [2.75, 3.05) is 6.54 Å². The Balaban J connectivity index is 1.94. The Hall–Kier alpha value is -2.65. The Morgan fingerprint density at radius 1 is 1.38 bits per heavy atom. The highest BCUT2D eigenvalue weighted by Crippen LogP contribution is 2.45. The van der Waals surface area contributed by atoms with Gasteiger partial charge >= 0.3 is 6.18 Å². The van der Waals surface area contributed by atoms with Crippen molar-refractivity contribution in [2.45, 2.75) is 32.1 Å². The van der Waals surface area contributed by atoms with Gasteiger partial charge in [0.2, 0.25) is 5.91 Å². The van der Waals surface area contributed by atoms with E-state index in [9.17, 15) is 18.0 Å². The number of nitrogens with zero attached hydrogens (tertiary/aromatic N) is 3. The molecule has 32 heavy (non-hydrogen) atoms. The largest absolute Gasteiger partial charge is 0.435 e. The van der Waals surface area contributed by atoms with E-state index >= 15 is 4.39 Å². The van der Waals surface area contributed by atoms with Crippen molar-refractivity contribution in [1.82, 2.24) is 14.7 Å². The van der Waals surface area contributed by atoms with Crippen LogP contribution in [0.3, 0.4) is 0 Å². The van der Waals surface area contributed by atoms with Gasteiger partial charge in [-0.25, -0.2) is 4.39 Å². The molecule has 2 aromatic heterocycles. The summed E-state index contributed by atoms with van der Waals surface area (Å²) >= 11 is 7.51. The summed E-state index contributed by atoms with van der Waals surface area (Å²) in [7, 11) is 0. The highest BCUT2D eigenvalue weighted by molar-refractivity contribution is 7.16. The van der Waals surface area contributed by atoms with Crippen molar-refractivity contribution >= 4 is 28.8 Å². The number of aryl methyl sites for hydroxylation is 1. The van der Waals surface area contributed by atoms with E-state index in [0.717, 1.165) is 21.2 Å². The molecule has 0 saturated carbocycles. The molecule has 0 bridgehead atoms. The minimum Gasteiger partial charge on any atom is -0.333 e. The van der Waals surface area contributed by atoms with Crippen LogP contribution in [0, 0.1) is 5.82 Å². The van der Waals surface area contributed by atoms with E-state index in [0.29, 0.717) is 16.4 Å². The number of fused-ring (bicyclic) bond motifs is 1. The third-order valence-corrected chi connectivity index (χ3v) is 6.72. The summed E-state index contributed by atoms with van der Waals surface area (Å²) in [4.78, 5) is 14.7. The average Bonchev–Trinajstić information content (AvgIpc) is 3.34. The van der Waals surface area contributed by atoms with Gasteiger partial charge in [-0.2, -0.15) is 18.3 Å². The summed E-state index contributed by atoms with van der Waals surface area (Å²) in [6, 6.07) is 5.90. The van der Waals surface area contributed by atoms with Crippen LogP contribution in [-0.4, -0.2) is 27.1 Å². The van der Waals surface area contributed by atoms with Crippen molar-refractivity contribution < 1.29 is 22.4 Å². The van der Waals surface area contributed by atoms with Crippen molar-refractivity contribution in [2.24, 2.45) is 0 Å². The fourth-order valence-corrected chi connectivity index (χ4v) is 5.40. The van der Waals surface area contributed by atoms with Crippen LogP contribution in [0.15, 0.2) is 43.1 Å². The minimum absolute atomic E-state index is 0.157. The van der Waals surface area contributed by atoms with Gasteiger partial charge in [-0.05, 0) is 36.3 Å². The lowest BCUT2D eigenvalue weighted by Crippen LogP contribution is -2.37. The predicted molar refractivity (Wildman–Crippen MR) is 115 cm³/mol. The maximum Gasteiger partial charge on any atom is 0.435 e. The highest BCUT2D eigenvalue weighted by Gasteiger charge is 2.40. The molecule has 0 fully saturated rings. The van der Waals surface area contributed by atoms with E-state index in [4.69, 9.17) is 11.6 Å². The molecule has 1 aliphatic rings. The zero-order valence-corrected chi connectivity index (χ0v) is 18.5. The SMILES string of the molecule is C=CC(=O)N1Cc2sc(Cl)cc2[C@H](c2cccc(F)c2-c2cn(CC)nc2C(F)(F)F)C1. The number of alkyl halides is 3. The topological polar surface area (TPSA) is 38.1 Å². The predicted octanol–water partition coefficient (Wildman–Crippen LogP) is 6.10. The standard InChI is InChI=1S/C22H18ClF4N3OS/c1-3-19(31)29-9-14(13-8-18(23)32-17(13)11-29)12-6-5-7-16(24)20(12)15-10-30(4-2)28-21(15)22(25,26)27/h3,5-8,10,14H,1,4,9,11H2,2H3/t14-/m0/s1. The fraction of sp³-hybridized carbons (Fsp3) is 0.273. The van der Waals surface area contributed by atoms with Crippen molar-refractivity contribution in [3.8, 4) is 11.1 Å².